The molecule has 2 heterocycles. The molecule has 8 rings (SSSR count). The number of nitrogens with one attached hydrogen (secondary N) is 1. The number of H-pyrrole nitrogens is 1. The molecule has 8 aromatic rings. The Morgan fingerprint density at radius 1 is 0.471 bits per heavy atom. The Labute approximate surface area is 195 Å². The van der Waals surface area contributed by atoms with Crippen molar-refractivity contribution in [3.8, 4) is 11.1 Å². The molecule has 0 saturated heterocycles. The van der Waals surface area contributed by atoms with E-state index in [4.69, 9.17) is 4.42 Å². The number of para-hydroxylation sites is 1. The largest absolute Gasteiger partial charge is 0.456 e. The molecule has 6 aromatic carbocycles. The zero-order chi connectivity index (χ0) is 22.2. The van der Waals surface area contributed by atoms with E-state index in [9.17, 15) is 0 Å². The number of rotatable bonds is 1. The summed E-state index contributed by atoms with van der Waals surface area (Å²) in [5.74, 6) is 0. The summed E-state index contributed by atoms with van der Waals surface area (Å²) >= 11 is 0. The molecule has 34 heavy (non-hydrogen) atoms. The standard InChI is InChI=1S/C32H19NO/c1-2-8-20-16-27-26(15-19(20)7-1)32-28(33-27)17-21-9-3-4-10-23(21)31(32)22-13-14-25-24-11-5-6-12-29(24)34-30(25)18-22/h1-18,33H. The van der Waals surface area contributed by atoms with Crippen molar-refractivity contribution < 1.29 is 4.42 Å². The van der Waals surface area contributed by atoms with Gasteiger partial charge in [0.15, 0.2) is 0 Å². The lowest BCUT2D eigenvalue weighted by molar-refractivity contribution is 0.669. The molecule has 2 aromatic heterocycles. The van der Waals surface area contributed by atoms with E-state index in [-0.39, 0.29) is 0 Å². The van der Waals surface area contributed by atoms with Crippen molar-refractivity contribution in [2.45, 2.75) is 0 Å². The molecule has 0 aliphatic rings. The fourth-order valence-corrected chi connectivity index (χ4v) is 5.60. The van der Waals surface area contributed by atoms with Gasteiger partial charge < -0.3 is 9.40 Å². The highest BCUT2D eigenvalue weighted by atomic mass is 16.3. The Balaban J connectivity index is 1.54. The molecule has 0 fully saturated rings. The van der Waals surface area contributed by atoms with Gasteiger partial charge >= 0.3 is 0 Å². The number of hydrogen-bond acceptors (Lipinski definition) is 1. The predicted octanol–water partition coefficient (Wildman–Crippen LogP) is 9.19. The molecule has 0 unspecified atom stereocenters. The van der Waals surface area contributed by atoms with E-state index in [2.05, 4.69) is 102 Å². The maximum Gasteiger partial charge on any atom is 0.136 e. The summed E-state index contributed by atoms with van der Waals surface area (Å²) in [4.78, 5) is 3.71. The zero-order valence-electron chi connectivity index (χ0n) is 18.3. The minimum Gasteiger partial charge on any atom is -0.456 e. The summed E-state index contributed by atoms with van der Waals surface area (Å²) in [5, 5.41) is 9.80. The third-order valence-corrected chi connectivity index (χ3v) is 7.14. The number of hydrogen-bond donors (Lipinski definition) is 1. The number of fused-ring (bicyclic) bond motifs is 8. The minimum atomic E-state index is 0.921. The smallest absolute Gasteiger partial charge is 0.136 e. The molecule has 0 saturated carbocycles. The van der Waals surface area contributed by atoms with Crippen LogP contribution in [0.15, 0.2) is 114 Å². The van der Waals surface area contributed by atoms with Gasteiger partial charge in [0, 0.05) is 32.6 Å². The van der Waals surface area contributed by atoms with Crippen molar-refractivity contribution in [3.05, 3.63) is 109 Å². The number of aromatic nitrogens is 1. The van der Waals surface area contributed by atoms with E-state index in [1.54, 1.807) is 0 Å². The first-order valence-electron chi connectivity index (χ1n) is 11.6. The van der Waals surface area contributed by atoms with Crippen LogP contribution in [-0.4, -0.2) is 4.98 Å². The van der Waals surface area contributed by atoms with Crippen LogP contribution in [-0.2, 0) is 0 Å². The molecule has 2 heteroatoms. The summed E-state index contributed by atoms with van der Waals surface area (Å²) in [6.07, 6.45) is 0. The third kappa shape index (κ3) is 2.40. The summed E-state index contributed by atoms with van der Waals surface area (Å²) in [5.41, 5.74) is 6.58. The molecule has 0 spiro atoms. The van der Waals surface area contributed by atoms with Gasteiger partial charge in [-0.15, -0.1) is 0 Å². The predicted molar refractivity (Wildman–Crippen MR) is 144 cm³/mol. The van der Waals surface area contributed by atoms with Crippen LogP contribution >= 0.6 is 0 Å². The molecular formula is C32H19NO. The van der Waals surface area contributed by atoms with Crippen LogP contribution in [0.4, 0.5) is 0 Å². The van der Waals surface area contributed by atoms with Gasteiger partial charge in [-0.2, -0.15) is 0 Å². The fraction of sp³-hybridized carbons (Fsp3) is 0. The van der Waals surface area contributed by atoms with Crippen molar-refractivity contribution >= 4 is 65.3 Å². The Hall–Kier alpha value is -4.56. The average Bonchev–Trinajstić information content (AvgIpc) is 3.42. The second-order valence-corrected chi connectivity index (χ2v) is 9.07. The van der Waals surface area contributed by atoms with Crippen LogP contribution in [0.25, 0.3) is 76.4 Å². The molecule has 158 valence electrons. The third-order valence-electron chi connectivity index (χ3n) is 7.14. The fourth-order valence-electron chi connectivity index (χ4n) is 5.60. The summed E-state index contributed by atoms with van der Waals surface area (Å²) in [7, 11) is 0. The molecule has 0 atom stereocenters. The Bertz CT molecular complexity index is 2070. The van der Waals surface area contributed by atoms with Crippen LogP contribution in [0.3, 0.4) is 0 Å². The Morgan fingerprint density at radius 2 is 1.15 bits per heavy atom. The quantitative estimate of drug-likeness (QED) is 0.275. The maximum atomic E-state index is 6.26. The molecule has 2 nitrogen and oxygen atoms in total. The first kappa shape index (κ1) is 17.9. The highest BCUT2D eigenvalue weighted by molar-refractivity contribution is 6.24. The second kappa shape index (κ2) is 6.49. The van der Waals surface area contributed by atoms with Crippen molar-refractivity contribution in [1.29, 1.82) is 0 Å². The van der Waals surface area contributed by atoms with Crippen LogP contribution < -0.4 is 0 Å². The van der Waals surface area contributed by atoms with Gasteiger partial charge in [-0.1, -0.05) is 72.8 Å². The topological polar surface area (TPSA) is 28.9 Å². The Kier molecular flexibility index (Phi) is 3.42. The molecule has 0 amide bonds. The van der Waals surface area contributed by atoms with Crippen LogP contribution in [0.1, 0.15) is 0 Å². The van der Waals surface area contributed by atoms with E-state index in [0.29, 0.717) is 0 Å². The monoisotopic (exact) mass is 433 g/mol. The zero-order valence-corrected chi connectivity index (χ0v) is 18.3. The number of furan rings is 1. The van der Waals surface area contributed by atoms with Gasteiger partial charge in [-0.25, -0.2) is 0 Å². The van der Waals surface area contributed by atoms with E-state index in [0.717, 1.165) is 33.0 Å². The van der Waals surface area contributed by atoms with Crippen molar-refractivity contribution in [2.75, 3.05) is 0 Å². The first-order chi connectivity index (χ1) is 16.8. The molecule has 0 aliphatic heterocycles. The Morgan fingerprint density at radius 3 is 2.03 bits per heavy atom. The summed E-state index contributed by atoms with van der Waals surface area (Å²) < 4.78 is 6.26. The van der Waals surface area contributed by atoms with Gasteiger partial charge in [0.25, 0.3) is 0 Å². The van der Waals surface area contributed by atoms with Crippen molar-refractivity contribution in [2.24, 2.45) is 0 Å². The first-order valence-corrected chi connectivity index (χ1v) is 11.6. The lowest BCUT2D eigenvalue weighted by Gasteiger charge is -2.10. The normalized spacial score (nSPS) is 12.1. The highest BCUT2D eigenvalue weighted by Crippen LogP contribution is 2.42. The minimum absolute atomic E-state index is 0.921. The molecule has 0 bridgehead atoms. The van der Waals surface area contributed by atoms with E-state index in [1.807, 2.05) is 12.1 Å². The van der Waals surface area contributed by atoms with Crippen LogP contribution in [0.5, 0.6) is 0 Å². The van der Waals surface area contributed by atoms with Gasteiger partial charge in [0.1, 0.15) is 11.2 Å². The number of benzene rings is 6. The van der Waals surface area contributed by atoms with Gasteiger partial charge in [0.2, 0.25) is 0 Å². The van der Waals surface area contributed by atoms with Crippen LogP contribution in [0, 0.1) is 0 Å². The van der Waals surface area contributed by atoms with Crippen molar-refractivity contribution in [3.63, 3.8) is 0 Å². The lowest BCUT2D eigenvalue weighted by atomic mass is 9.92. The highest BCUT2D eigenvalue weighted by Gasteiger charge is 2.17. The van der Waals surface area contributed by atoms with E-state index in [1.165, 1.54) is 43.4 Å². The van der Waals surface area contributed by atoms with E-state index < -0.39 is 0 Å². The average molecular weight is 434 g/mol. The van der Waals surface area contributed by atoms with Crippen LogP contribution in [0.2, 0.25) is 0 Å². The SMILES string of the molecule is c1ccc2cc3c(cc2c1)[nH]c1cc2ccccc2c(-c2ccc4c(c2)oc2ccccc24)c13. The summed E-state index contributed by atoms with van der Waals surface area (Å²) in [6.45, 7) is 0. The molecule has 1 N–H and O–H groups in total. The van der Waals surface area contributed by atoms with E-state index >= 15 is 0 Å². The number of aromatic amines is 1. The van der Waals surface area contributed by atoms with Gasteiger partial charge in [-0.3, -0.25) is 0 Å². The molecule has 0 aliphatic carbocycles. The summed E-state index contributed by atoms with van der Waals surface area (Å²) in [6, 6.07) is 39.0. The molecule has 0 radical (unpaired) electrons. The lowest BCUT2D eigenvalue weighted by Crippen LogP contribution is -1.84. The van der Waals surface area contributed by atoms with Gasteiger partial charge in [-0.05, 0) is 69.1 Å². The van der Waals surface area contributed by atoms with Crippen molar-refractivity contribution in [1.82, 2.24) is 4.98 Å². The second-order valence-electron chi connectivity index (χ2n) is 9.07. The molecular weight excluding hydrogens is 414 g/mol. The van der Waals surface area contributed by atoms with Gasteiger partial charge in [0.05, 0.1) is 0 Å². The maximum absolute atomic E-state index is 6.26.